The van der Waals surface area contributed by atoms with E-state index in [0.29, 0.717) is 29.4 Å². The van der Waals surface area contributed by atoms with Gasteiger partial charge in [0.15, 0.2) is 5.13 Å². The molecule has 0 atom stereocenters. The van der Waals surface area contributed by atoms with Crippen LogP contribution in [0.25, 0.3) is 10.2 Å². The highest BCUT2D eigenvalue weighted by molar-refractivity contribution is 7.92. The van der Waals surface area contributed by atoms with E-state index in [1.54, 1.807) is 35.6 Å². The molecule has 1 aromatic heterocycles. The largest absolute Gasteiger partial charge is 0.494 e. The van der Waals surface area contributed by atoms with E-state index in [9.17, 15) is 13.2 Å². The highest BCUT2D eigenvalue weighted by Gasteiger charge is 2.20. The molecule has 2 N–H and O–H groups in total. The third kappa shape index (κ3) is 6.84. The van der Waals surface area contributed by atoms with Crippen LogP contribution in [0.4, 0.5) is 10.8 Å². The van der Waals surface area contributed by atoms with E-state index in [-0.39, 0.29) is 10.8 Å². The zero-order chi connectivity index (χ0) is 28.1. The molecule has 4 aromatic rings. The molecule has 1 aliphatic heterocycles. The van der Waals surface area contributed by atoms with Gasteiger partial charge >= 0.3 is 0 Å². The molecule has 210 valence electrons. The molecule has 40 heavy (non-hydrogen) atoms. The second-order valence-electron chi connectivity index (χ2n) is 9.28. The number of thiazole rings is 1. The van der Waals surface area contributed by atoms with Gasteiger partial charge in [-0.15, -0.1) is 0 Å². The van der Waals surface area contributed by atoms with Crippen LogP contribution in [-0.2, 0) is 10.0 Å². The molecule has 1 saturated heterocycles. The van der Waals surface area contributed by atoms with E-state index >= 15 is 0 Å². The summed E-state index contributed by atoms with van der Waals surface area (Å²) in [4.78, 5) is 22.2. The number of anilines is 2. The van der Waals surface area contributed by atoms with Crippen molar-refractivity contribution in [3.63, 3.8) is 0 Å². The van der Waals surface area contributed by atoms with Crippen LogP contribution in [-0.4, -0.2) is 70.1 Å². The molecule has 0 saturated carbocycles. The lowest BCUT2D eigenvalue weighted by Gasteiger charge is -2.34. The summed E-state index contributed by atoms with van der Waals surface area (Å²) in [5.41, 5.74) is 1.82. The van der Waals surface area contributed by atoms with E-state index in [0.717, 1.165) is 53.8 Å². The van der Waals surface area contributed by atoms with Crippen LogP contribution >= 0.6 is 22.9 Å². The van der Waals surface area contributed by atoms with Crippen LogP contribution in [0.5, 0.6) is 5.75 Å². The molecule has 0 aliphatic carbocycles. The minimum Gasteiger partial charge on any atom is -0.494 e. The molecule has 5 rings (SSSR count). The molecular weight excluding hydrogens is 570 g/mol. The fraction of sp³-hybridized carbons (Fsp3) is 0.286. The Labute approximate surface area is 242 Å². The van der Waals surface area contributed by atoms with Gasteiger partial charge in [0.25, 0.3) is 15.9 Å². The molecule has 0 unspecified atom stereocenters. The maximum atomic E-state index is 12.6. The minimum atomic E-state index is -3.75. The number of nitrogens with one attached hydrogen (secondary N) is 2. The number of fused-ring (bicyclic) bond motifs is 1. The number of halogens is 1. The molecule has 1 amide bonds. The first-order chi connectivity index (χ1) is 19.3. The third-order valence-electron chi connectivity index (χ3n) is 6.54. The number of rotatable bonds is 10. The van der Waals surface area contributed by atoms with Crippen LogP contribution in [0, 0.1) is 0 Å². The first-order valence-electron chi connectivity index (χ1n) is 13.0. The van der Waals surface area contributed by atoms with Crippen molar-refractivity contribution in [2.24, 2.45) is 0 Å². The smallest absolute Gasteiger partial charge is 0.261 e. The van der Waals surface area contributed by atoms with Crippen molar-refractivity contribution in [3.8, 4) is 5.75 Å². The zero-order valence-electron chi connectivity index (χ0n) is 22.0. The summed E-state index contributed by atoms with van der Waals surface area (Å²) in [6.45, 7) is 7.41. The molecule has 1 aliphatic rings. The number of hydrogen-bond donors (Lipinski definition) is 2. The summed E-state index contributed by atoms with van der Waals surface area (Å²) < 4.78 is 34.3. The Balaban J connectivity index is 1.07. The first kappa shape index (κ1) is 28.2. The zero-order valence-corrected chi connectivity index (χ0v) is 24.4. The van der Waals surface area contributed by atoms with Gasteiger partial charge in [-0.1, -0.05) is 22.9 Å². The van der Waals surface area contributed by atoms with E-state index in [1.165, 1.54) is 24.3 Å². The van der Waals surface area contributed by atoms with E-state index < -0.39 is 10.0 Å². The quantitative estimate of drug-likeness (QED) is 0.272. The van der Waals surface area contributed by atoms with Gasteiger partial charge in [0.05, 0.1) is 21.7 Å². The number of ether oxygens (including phenoxy) is 1. The van der Waals surface area contributed by atoms with Gasteiger partial charge in [0.2, 0.25) is 0 Å². The Bertz CT molecular complexity index is 1570. The summed E-state index contributed by atoms with van der Waals surface area (Å²) in [6.07, 6.45) is 0. The van der Waals surface area contributed by atoms with Gasteiger partial charge < -0.3 is 15.0 Å². The van der Waals surface area contributed by atoms with Crippen molar-refractivity contribution in [1.82, 2.24) is 15.2 Å². The number of hydrogen-bond acceptors (Lipinski definition) is 8. The topological polar surface area (TPSA) is 104 Å². The van der Waals surface area contributed by atoms with E-state index in [2.05, 4.69) is 19.8 Å². The van der Waals surface area contributed by atoms with E-state index in [4.69, 9.17) is 21.3 Å². The van der Waals surface area contributed by atoms with Crippen molar-refractivity contribution < 1.29 is 17.9 Å². The van der Waals surface area contributed by atoms with Crippen LogP contribution in [0.15, 0.2) is 71.6 Å². The number of sulfonamides is 1. The molecule has 9 nitrogen and oxygen atoms in total. The van der Waals surface area contributed by atoms with Crippen molar-refractivity contribution in [1.29, 1.82) is 0 Å². The Morgan fingerprint density at radius 3 is 2.45 bits per heavy atom. The molecule has 0 bridgehead atoms. The lowest BCUT2D eigenvalue weighted by molar-refractivity contribution is 0.0948. The fourth-order valence-electron chi connectivity index (χ4n) is 4.39. The SMILES string of the molecule is CCOc1ccc2nc(N3CCN(CCNC(=O)c4ccc(NS(=O)(=O)c5ccc(Cl)cc5)cc4)CC3)sc2c1. The lowest BCUT2D eigenvalue weighted by Crippen LogP contribution is -2.48. The number of aromatic nitrogens is 1. The van der Waals surface area contributed by atoms with Gasteiger partial charge in [0, 0.05) is 55.5 Å². The van der Waals surface area contributed by atoms with Gasteiger partial charge in [-0.3, -0.25) is 14.4 Å². The Morgan fingerprint density at radius 2 is 1.75 bits per heavy atom. The number of carbonyl (C=O) groups is 1. The predicted octanol–water partition coefficient (Wildman–Crippen LogP) is 4.70. The Morgan fingerprint density at radius 1 is 1.02 bits per heavy atom. The van der Waals surface area contributed by atoms with Gasteiger partial charge in [-0.2, -0.15) is 0 Å². The summed E-state index contributed by atoms with van der Waals surface area (Å²) in [5.74, 6) is 0.665. The number of carbonyl (C=O) groups excluding carboxylic acids is 1. The Hall–Kier alpha value is -3.38. The van der Waals surface area contributed by atoms with Gasteiger partial charge in [-0.05, 0) is 73.7 Å². The maximum absolute atomic E-state index is 12.6. The normalized spacial score (nSPS) is 14.3. The molecule has 12 heteroatoms. The monoisotopic (exact) mass is 599 g/mol. The average Bonchev–Trinajstić information content (AvgIpc) is 3.37. The predicted molar refractivity (Wildman–Crippen MR) is 160 cm³/mol. The van der Waals surface area contributed by atoms with E-state index in [1.807, 2.05) is 25.1 Å². The molecule has 2 heterocycles. The van der Waals surface area contributed by atoms with Crippen LogP contribution < -0.4 is 19.7 Å². The van der Waals surface area contributed by atoms with Gasteiger partial charge in [-0.25, -0.2) is 13.4 Å². The van der Waals surface area contributed by atoms with Crippen molar-refractivity contribution in [2.45, 2.75) is 11.8 Å². The first-order valence-corrected chi connectivity index (χ1v) is 15.7. The fourth-order valence-corrected chi connectivity index (χ4v) is 6.62. The van der Waals surface area contributed by atoms with Crippen LogP contribution in [0.1, 0.15) is 17.3 Å². The Kier molecular flexibility index (Phi) is 8.75. The minimum absolute atomic E-state index is 0.107. The highest BCUT2D eigenvalue weighted by Crippen LogP contribution is 2.32. The molecular formula is C28H30ClN5O4S2. The molecule has 0 radical (unpaired) electrons. The second-order valence-corrected chi connectivity index (χ2v) is 12.4. The second kappa shape index (κ2) is 12.4. The lowest BCUT2D eigenvalue weighted by atomic mass is 10.2. The summed E-state index contributed by atoms with van der Waals surface area (Å²) >= 11 is 7.52. The number of piperazine rings is 1. The summed E-state index contributed by atoms with van der Waals surface area (Å²) in [5, 5.41) is 4.43. The number of benzene rings is 3. The summed E-state index contributed by atoms with van der Waals surface area (Å²) in [6, 6.07) is 18.3. The molecule has 0 spiro atoms. The summed E-state index contributed by atoms with van der Waals surface area (Å²) in [7, 11) is -3.75. The van der Waals surface area contributed by atoms with Crippen molar-refractivity contribution >= 4 is 59.9 Å². The van der Waals surface area contributed by atoms with Crippen LogP contribution in [0.2, 0.25) is 5.02 Å². The molecule has 1 fully saturated rings. The van der Waals surface area contributed by atoms with Crippen molar-refractivity contribution in [2.75, 3.05) is 55.5 Å². The average molecular weight is 600 g/mol. The van der Waals surface area contributed by atoms with Crippen LogP contribution in [0.3, 0.4) is 0 Å². The number of nitrogens with zero attached hydrogens (tertiary/aromatic N) is 3. The number of amides is 1. The highest BCUT2D eigenvalue weighted by atomic mass is 35.5. The standard InChI is InChI=1S/C28H30ClN5O4S2/c1-2-38-23-9-12-25-26(19-23)39-28(31-25)34-17-15-33(16-18-34)14-13-30-27(35)20-3-7-22(8-4-20)32-40(36,37)24-10-5-21(29)6-11-24/h3-12,19,32H,2,13-18H2,1H3,(H,30,35). The maximum Gasteiger partial charge on any atom is 0.261 e. The molecule has 3 aromatic carbocycles. The van der Waals surface area contributed by atoms with Crippen molar-refractivity contribution in [3.05, 3.63) is 77.3 Å². The third-order valence-corrected chi connectivity index (χ3v) is 9.27. The van der Waals surface area contributed by atoms with Gasteiger partial charge in [0.1, 0.15) is 5.75 Å².